The van der Waals surface area contributed by atoms with Crippen LogP contribution in [0.2, 0.25) is 0 Å². The molecule has 0 radical (unpaired) electrons. The molecule has 2 aromatic heterocycles. The Bertz CT molecular complexity index is 1500. The summed E-state index contributed by atoms with van der Waals surface area (Å²) in [4.78, 5) is 8.96. The highest BCUT2D eigenvalue weighted by Gasteiger charge is 2.31. The van der Waals surface area contributed by atoms with Crippen LogP contribution in [0.15, 0.2) is 89.5 Å². The molecule has 0 amide bonds. The van der Waals surface area contributed by atoms with Gasteiger partial charge in [-0.15, -0.1) is 0 Å². The number of aromatic nitrogens is 2. The topological polar surface area (TPSA) is 48.2 Å². The Morgan fingerprint density at radius 1 is 0.944 bits per heavy atom. The van der Waals surface area contributed by atoms with Gasteiger partial charge in [0.15, 0.2) is 11.7 Å². The average Bonchev–Trinajstić information content (AvgIpc) is 3.28. The Morgan fingerprint density at radius 2 is 1.75 bits per heavy atom. The second kappa shape index (κ2) is 9.57. The Morgan fingerprint density at radius 3 is 2.47 bits per heavy atom. The molecule has 0 aliphatic rings. The summed E-state index contributed by atoms with van der Waals surface area (Å²) in [6.45, 7) is 8.89. The molecule has 0 bridgehead atoms. The van der Waals surface area contributed by atoms with Crippen LogP contribution in [0.5, 0.6) is 5.75 Å². The molecule has 0 fully saturated rings. The molecule has 0 N–H and O–H groups in total. The first-order chi connectivity index (χ1) is 17.3. The normalized spacial score (nSPS) is 12.6. The summed E-state index contributed by atoms with van der Waals surface area (Å²) in [7, 11) is 0. The lowest BCUT2D eigenvalue weighted by atomic mass is 9.71. The standard InChI is InChI=1S/C31H29FN2O2/c1-20-33-18-29(36-20)26-14-13-25(17-27(26)30(31(2,3)4)21-8-6-5-7-9-21)35-19-24-12-10-22-16-23(32)11-15-28(22)34-24/h5-18,30H,19H2,1-4H3. The second-order valence-electron chi connectivity index (χ2n) is 10.1. The van der Waals surface area contributed by atoms with E-state index in [9.17, 15) is 4.39 Å². The minimum Gasteiger partial charge on any atom is -0.487 e. The monoisotopic (exact) mass is 480 g/mol. The molecule has 36 heavy (non-hydrogen) atoms. The van der Waals surface area contributed by atoms with Gasteiger partial charge in [0.1, 0.15) is 18.2 Å². The number of benzene rings is 3. The van der Waals surface area contributed by atoms with Crippen LogP contribution in [-0.2, 0) is 6.61 Å². The van der Waals surface area contributed by atoms with Crippen LogP contribution in [0.3, 0.4) is 0 Å². The molecule has 0 spiro atoms. The summed E-state index contributed by atoms with van der Waals surface area (Å²) in [6, 6.07) is 25.0. The van der Waals surface area contributed by atoms with Crippen LogP contribution in [0.4, 0.5) is 4.39 Å². The van der Waals surface area contributed by atoms with Gasteiger partial charge in [-0.1, -0.05) is 57.2 Å². The van der Waals surface area contributed by atoms with Gasteiger partial charge in [0.2, 0.25) is 0 Å². The van der Waals surface area contributed by atoms with Crippen LogP contribution in [0, 0.1) is 18.2 Å². The number of fused-ring (bicyclic) bond motifs is 1. The van der Waals surface area contributed by atoms with Crippen LogP contribution >= 0.6 is 0 Å². The first-order valence-electron chi connectivity index (χ1n) is 12.1. The predicted octanol–water partition coefficient (Wildman–Crippen LogP) is 8.09. The molecule has 1 unspecified atom stereocenters. The van der Waals surface area contributed by atoms with Crippen molar-refractivity contribution in [3.8, 4) is 17.1 Å². The zero-order chi connectivity index (χ0) is 25.3. The molecule has 3 aromatic carbocycles. The van der Waals surface area contributed by atoms with E-state index in [1.807, 2.05) is 37.3 Å². The Labute approximate surface area is 210 Å². The van der Waals surface area contributed by atoms with Crippen molar-refractivity contribution < 1.29 is 13.5 Å². The van der Waals surface area contributed by atoms with Crippen molar-refractivity contribution in [2.75, 3.05) is 0 Å². The fraction of sp³-hybridized carbons (Fsp3) is 0.226. The lowest BCUT2D eigenvalue weighted by molar-refractivity contribution is 0.300. The molecule has 0 aliphatic heterocycles. The van der Waals surface area contributed by atoms with Crippen LogP contribution < -0.4 is 4.74 Å². The molecule has 1 atom stereocenters. The van der Waals surface area contributed by atoms with Crippen molar-refractivity contribution in [3.05, 3.63) is 114 Å². The molecule has 5 rings (SSSR count). The van der Waals surface area contributed by atoms with Crippen LogP contribution in [0.25, 0.3) is 22.2 Å². The summed E-state index contributed by atoms with van der Waals surface area (Å²) in [6.07, 6.45) is 1.78. The highest BCUT2D eigenvalue weighted by molar-refractivity contribution is 5.78. The minimum absolute atomic E-state index is 0.0705. The summed E-state index contributed by atoms with van der Waals surface area (Å²) in [5, 5.41) is 0.767. The third-order valence-corrected chi connectivity index (χ3v) is 6.32. The lowest BCUT2D eigenvalue weighted by Gasteiger charge is -2.33. The maximum absolute atomic E-state index is 13.5. The van der Waals surface area contributed by atoms with E-state index in [0.717, 1.165) is 39.2 Å². The van der Waals surface area contributed by atoms with E-state index in [1.54, 1.807) is 12.3 Å². The number of oxazole rings is 1. The van der Waals surface area contributed by atoms with E-state index in [1.165, 1.54) is 17.7 Å². The van der Waals surface area contributed by atoms with Gasteiger partial charge in [-0.25, -0.2) is 14.4 Å². The molecular formula is C31H29FN2O2. The minimum atomic E-state index is -0.269. The molecule has 4 nitrogen and oxygen atoms in total. The third kappa shape index (κ3) is 5.01. The zero-order valence-corrected chi connectivity index (χ0v) is 21.0. The van der Waals surface area contributed by atoms with Crippen LogP contribution in [-0.4, -0.2) is 9.97 Å². The number of hydrogen-bond donors (Lipinski definition) is 0. The number of nitrogens with zero attached hydrogens (tertiary/aromatic N) is 2. The number of hydrogen-bond acceptors (Lipinski definition) is 4. The van der Waals surface area contributed by atoms with E-state index < -0.39 is 0 Å². The molecule has 0 saturated heterocycles. The van der Waals surface area contributed by atoms with Gasteiger partial charge < -0.3 is 9.15 Å². The van der Waals surface area contributed by atoms with Gasteiger partial charge in [-0.05, 0) is 59.0 Å². The van der Waals surface area contributed by atoms with E-state index in [0.29, 0.717) is 12.5 Å². The fourth-order valence-electron chi connectivity index (χ4n) is 4.75. The van der Waals surface area contributed by atoms with Gasteiger partial charge in [-0.2, -0.15) is 0 Å². The summed E-state index contributed by atoms with van der Waals surface area (Å²) in [5.74, 6) is 1.94. The Kier molecular flexibility index (Phi) is 6.31. The van der Waals surface area contributed by atoms with Gasteiger partial charge in [0.05, 0.1) is 17.4 Å². The van der Waals surface area contributed by atoms with Gasteiger partial charge >= 0.3 is 0 Å². The van der Waals surface area contributed by atoms with Gasteiger partial charge in [0, 0.05) is 23.8 Å². The predicted molar refractivity (Wildman–Crippen MR) is 140 cm³/mol. The largest absolute Gasteiger partial charge is 0.487 e. The molecule has 2 heterocycles. The van der Waals surface area contributed by atoms with E-state index in [4.69, 9.17) is 9.15 Å². The maximum Gasteiger partial charge on any atom is 0.191 e. The number of aryl methyl sites for hydroxylation is 1. The molecule has 0 saturated carbocycles. The summed E-state index contributed by atoms with van der Waals surface area (Å²) < 4.78 is 25.7. The SMILES string of the molecule is Cc1ncc(-c2ccc(OCc3ccc4cc(F)ccc4n3)cc2C(c2ccccc2)C(C)(C)C)o1. The lowest BCUT2D eigenvalue weighted by Crippen LogP contribution is -2.20. The average molecular weight is 481 g/mol. The third-order valence-electron chi connectivity index (χ3n) is 6.32. The highest BCUT2D eigenvalue weighted by Crippen LogP contribution is 2.45. The van der Waals surface area contributed by atoms with Crippen molar-refractivity contribution in [3.63, 3.8) is 0 Å². The van der Waals surface area contributed by atoms with Gasteiger partial charge in [0.25, 0.3) is 0 Å². The smallest absolute Gasteiger partial charge is 0.191 e. The first-order valence-corrected chi connectivity index (χ1v) is 12.1. The van der Waals surface area contributed by atoms with Crippen molar-refractivity contribution in [1.82, 2.24) is 9.97 Å². The number of ether oxygens (including phenoxy) is 1. The van der Waals surface area contributed by atoms with Crippen LogP contribution in [0.1, 0.15) is 49.4 Å². The first kappa shape index (κ1) is 23.7. The molecule has 5 heteroatoms. The molecule has 182 valence electrons. The zero-order valence-electron chi connectivity index (χ0n) is 21.0. The number of halogens is 1. The number of rotatable bonds is 6. The van der Waals surface area contributed by atoms with E-state index in [-0.39, 0.29) is 17.2 Å². The quantitative estimate of drug-likeness (QED) is 0.246. The summed E-state index contributed by atoms with van der Waals surface area (Å²) in [5.41, 5.74) is 4.79. The number of pyridine rings is 1. The molecule has 5 aromatic rings. The van der Waals surface area contributed by atoms with Crippen molar-refractivity contribution in [2.24, 2.45) is 5.41 Å². The van der Waals surface area contributed by atoms with E-state index in [2.05, 4.69) is 61.1 Å². The fourth-order valence-corrected chi connectivity index (χ4v) is 4.75. The van der Waals surface area contributed by atoms with Gasteiger partial charge in [-0.3, -0.25) is 0 Å². The summed E-state index contributed by atoms with van der Waals surface area (Å²) >= 11 is 0. The maximum atomic E-state index is 13.5. The van der Waals surface area contributed by atoms with Crippen molar-refractivity contribution in [1.29, 1.82) is 0 Å². The second-order valence-corrected chi connectivity index (χ2v) is 10.1. The molecule has 0 aliphatic carbocycles. The highest BCUT2D eigenvalue weighted by atomic mass is 19.1. The Hall–Kier alpha value is -3.99. The molecular weight excluding hydrogens is 451 g/mol. The van der Waals surface area contributed by atoms with Crippen molar-refractivity contribution in [2.45, 2.75) is 40.2 Å². The van der Waals surface area contributed by atoms with Crippen molar-refractivity contribution >= 4 is 10.9 Å². The Balaban J connectivity index is 1.52. The van der Waals surface area contributed by atoms with E-state index >= 15 is 0 Å².